The summed E-state index contributed by atoms with van der Waals surface area (Å²) in [6.45, 7) is 3.64. The third kappa shape index (κ3) is 3.61. The van der Waals surface area contributed by atoms with E-state index < -0.39 is 0 Å². The number of carbonyl (C=O) groups is 1. The Morgan fingerprint density at radius 1 is 1.31 bits per heavy atom. The molecule has 0 spiro atoms. The molecule has 3 aromatic rings. The molecule has 1 saturated heterocycles. The largest absolute Gasteiger partial charge is 0.396 e. The molecule has 5 rings (SSSR count). The van der Waals surface area contributed by atoms with Crippen molar-refractivity contribution in [2.75, 3.05) is 23.7 Å². The number of nitrogen functional groups attached to an aromatic ring is 1. The molecule has 166 valence electrons. The van der Waals surface area contributed by atoms with E-state index in [9.17, 15) is 10.1 Å². The molecule has 1 fully saturated rings. The number of hydrogen-bond donors (Lipinski definition) is 2. The fourth-order valence-corrected chi connectivity index (χ4v) is 6.94. The highest BCUT2D eigenvalue weighted by atomic mass is 32.1. The van der Waals surface area contributed by atoms with Crippen molar-refractivity contribution in [1.82, 2.24) is 10.3 Å². The Kier molecular flexibility index (Phi) is 5.51. The second-order valence-electron chi connectivity index (χ2n) is 8.49. The Morgan fingerprint density at radius 2 is 2.09 bits per heavy atom. The lowest BCUT2D eigenvalue weighted by molar-refractivity contribution is 0.0938. The molecular formula is C23H24FN5OS2. The van der Waals surface area contributed by atoms with Gasteiger partial charge in [0.15, 0.2) is 0 Å². The average molecular weight is 470 g/mol. The van der Waals surface area contributed by atoms with Gasteiger partial charge in [0, 0.05) is 19.1 Å². The summed E-state index contributed by atoms with van der Waals surface area (Å²) in [4.78, 5) is 20.7. The molecular weight excluding hydrogens is 445 g/mol. The second-order valence-corrected chi connectivity index (χ2v) is 10.7. The Labute approximate surface area is 193 Å². The van der Waals surface area contributed by atoms with Crippen LogP contribution in [0.4, 0.5) is 15.8 Å². The van der Waals surface area contributed by atoms with Crippen molar-refractivity contribution in [2.24, 2.45) is 0 Å². The number of nitrogens with two attached hydrogens (primary N) is 1. The minimum atomic E-state index is -0.283. The van der Waals surface area contributed by atoms with E-state index in [1.807, 2.05) is 6.92 Å². The van der Waals surface area contributed by atoms with Gasteiger partial charge in [-0.15, -0.1) is 22.7 Å². The Bertz CT molecular complexity index is 1250. The first-order valence-electron chi connectivity index (χ1n) is 10.9. The van der Waals surface area contributed by atoms with Gasteiger partial charge in [0.25, 0.3) is 5.91 Å². The summed E-state index contributed by atoms with van der Waals surface area (Å²) in [6, 6.07) is 3.65. The molecule has 2 aromatic heterocycles. The number of thiophene rings is 1. The summed E-state index contributed by atoms with van der Waals surface area (Å²) >= 11 is 2.78. The number of hydrogen-bond acceptors (Lipinski definition) is 7. The number of halogens is 1. The monoisotopic (exact) mass is 469 g/mol. The molecule has 0 unspecified atom stereocenters. The zero-order chi connectivity index (χ0) is 22.4. The fourth-order valence-electron chi connectivity index (χ4n) is 4.85. The summed E-state index contributed by atoms with van der Waals surface area (Å²) < 4.78 is 16.0. The van der Waals surface area contributed by atoms with Gasteiger partial charge in [-0.05, 0) is 62.6 Å². The highest BCUT2D eigenvalue weighted by molar-refractivity contribution is 7.29. The van der Waals surface area contributed by atoms with E-state index in [-0.39, 0.29) is 17.8 Å². The predicted molar refractivity (Wildman–Crippen MR) is 127 cm³/mol. The molecule has 1 aliphatic carbocycles. The molecule has 1 atom stereocenters. The van der Waals surface area contributed by atoms with Gasteiger partial charge in [0.1, 0.15) is 21.6 Å². The lowest BCUT2D eigenvalue weighted by Crippen LogP contribution is -2.39. The van der Waals surface area contributed by atoms with Gasteiger partial charge in [-0.3, -0.25) is 4.79 Å². The summed E-state index contributed by atoms with van der Waals surface area (Å²) in [5.74, 6) is -0.524. The molecule has 1 amide bonds. The number of carbonyl (C=O) groups excluding carboxylic acids is 1. The number of amides is 1. The number of anilines is 2. The van der Waals surface area contributed by atoms with Gasteiger partial charge in [0.2, 0.25) is 0 Å². The highest BCUT2D eigenvalue weighted by Gasteiger charge is 2.30. The topological polar surface area (TPSA) is 95.0 Å². The van der Waals surface area contributed by atoms with Crippen LogP contribution in [0, 0.1) is 24.1 Å². The summed E-state index contributed by atoms with van der Waals surface area (Å²) in [6.07, 6.45) is 4.91. The van der Waals surface area contributed by atoms with E-state index in [4.69, 9.17) is 5.73 Å². The third-order valence-electron chi connectivity index (χ3n) is 6.41. The minimum Gasteiger partial charge on any atom is -0.396 e. The number of rotatable bonds is 3. The minimum absolute atomic E-state index is 0.203. The molecule has 1 aliphatic heterocycles. The third-order valence-corrected chi connectivity index (χ3v) is 8.64. The van der Waals surface area contributed by atoms with E-state index >= 15 is 4.39 Å². The molecule has 2 aliphatic rings. The van der Waals surface area contributed by atoms with E-state index in [2.05, 4.69) is 21.3 Å². The number of fused-ring (bicyclic) bond motifs is 2. The molecule has 3 N–H and O–H groups in total. The van der Waals surface area contributed by atoms with Crippen LogP contribution < -0.4 is 16.0 Å². The van der Waals surface area contributed by atoms with Crippen molar-refractivity contribution in [3.8, 4) is 6.07 Å². The van der Waals surface area contributed by atoms with Gasteiger partial charge < -0.3 is 16.0 Å². The first-order valence-corrected chi connectivity index (χ1v) is 12.5. The van der Waals surface area contributed by atoms with E-state index in [0.29, 0.717) is 41.0 Å². The molecule has 9 heteroatoms. The van der Waals surface area contributed by atoms with Crippen LogP contribution in [-0.2, 0) is 12.8 Å². The van der Waals surface area contributed by atoms with Crippen molar-refractivity contribution in [3.63, 3.8) is 0 Å². The fraction of sp³-hybridized carbons (Fsp3) is 0.435. The number of nitrogens with zero attached hydrogens (tertiary/aromatic N) is 3. The van der Waals surface area contributed by atoms with Crippen molar-refractivity contribution in [2.45, 2.75) is 51.5 Å². The first-order chi connectivity index (χ1) is 15.5. The van der Waals surface area contributed by atoms with Crippen LogP contribution in [-0.4, -0.2) is 30.0 Å². The molecule has 0 saturated carbocycles. The second kappa shape index (κ2) is 8.34. The van der Waals surface area contributed by atoms with Gasteiger partial charge in [-0.2, -0.15) is 5.26 Å². The molecule has 0 bridgehead atoms. The zero-order valence-corrected chi connectivity index (χ0v) is 19.5. The van der Waals surface area contributed by atoms with Crippen molar-refractivity contribution in [1.29, 1.82) is 5.26 Å². The van der Waals surface area contributed by atoms with Crippen LogP contribution in [0.25, 0.3) is 9.53 Å². The Morgan fingerprint density at radius 3 is 2.81 bits per heavy atom. The van der Waals surface area contributed by atoms with Crippen LogP contribution in [0.3, 0.4) is 0 Å². The number of piperidine rings is 1. The number of aryl methyl sites for hydroxylation is 1. The van der Waals surface area contributed by atoms with Crippen LogP contribution in [0.5, 0.6) is 0 Å². The average Bonchev–Trinajstić information content (AvgIpc) is 3.31. The van der Waals surface area contributed by atoms with E-state index in [1.54, 1.807) is 0 Å². The van der Waals surface area contributed by atoms with E-state index in [0.717, 1.165) is 51.7 Å². The van der Waals surface area contributed by atoms with Crippen LogP contribution in [0.15, 0.2) is 6.07 Å². The lowest BCUT2D eigenvalue weighted by Gasteiger charge is -2.33. The summed E-state index contributed by atoms with van der Waals surface area (Å²) in [7, 11) is 0. The van der Waals surface area contributed by atoms with Crippen molar-refractivity contribution >= 4 is 49.5 Å². The Hall–Kier alpha value is -2.70. The predicted octanol–water partition coefficient (Wildman–Crippen LogP) is 4.54. The number of nitriles is 1. The summed E-state index contributed by atoms with van der Waals surface area (Å²) in [5.41, 5.74) is 9.34. The normalized spacial score (nSPS) is 18.4. The smallest absolute Gasteiger partial charge is 0.263 e. The molecule has 3 heterocycles. The first kappa shape index (κ1) is 21.2. The number of aromatic nitrogens is 1. The van der Waals surface area contributed by atoms with Gasteiger partial charge in [0.05, 0.1) is 26.6 Å². The molecule has 1 aromatic carbocycles. The van der Waals surface area contributed by atoms with Crippen LogP contribution in [0.1, 0.15) is 57.1 Å². The zero-order valence-electron chi connectivity index (χ0n) is 17.8. The maximum Gasteiger partial charge on any atom is 0.263 e. The number of nitrogens with one attached hydrogen (secondary N) is 1. The SMILES string of the molecule is Cc1nc2sc(C(=O)N[C@H]3CCc4c(C#N)c(N5CCCCC5)cc(F)c4C3)c(N)c2s1. The number of benzene rings is 1. The number of thiazole rings is 1. The van der Waals surface area contributed by atoms with Gasteiger partial charge in [-0.25, -0.2) is 9.37 Å². The Balaban J connectivity index is 1.38. The van der Waals surface area contributed by atoms with Crippen LogP contribution in [0.2, 0.25) is 0 Å². The van der Waals surface area contributed by atoms with Crippen LogP contribution >= 0.6 is 22.7 Å². The van der Waals surface area contributed by atoms with Gasteiger partial charge >= 0.3 is 0 Å². The van der Waals surface area contributed by atoms with Crippen molar-refractivity contribution < 1.29 is 9.18 Å². The lowest BCUT2D eigenvalue weighted by atomic mass is 9.84. The standard InChI is InChI=1S/C23H24FN5OS2/c1-12-27-23-21(31-12)19(26)20(32-23)22(30)28-13-5-6-14-15(9-13)17(24)10-18(16(14)11-25)29-7-3-2-4-8-29/h10,13H,2-9,26H2,1H3,(H,28,30)/t13-/m0/s1. The van der Waals surface area contributed by atoms with Gasteiger partial charge in [-0.1, -0.05) is 0 Å². The quantitative estimate of drug-likeness (QED) is 0.587. The molecule has 6 nitrogen and oxygen atoms in total. The molecule has 32 heavy (non-hydrogen) atoms. The maximum atomic E-state index is 15.2. The highest BCUT2D eigenvalue weighted by Crippen LogP contribution is 2.38. The molecule has 0 radical (unpaired) electrons. The maximum absolute atomic E-state index is 15.2. The van der Waals surface area contributed by atoms with Crippen molar-refractivity contribution in [3.05, 3.63) is 38.5 Å². The summed E-state index contributed by atoms with van der Waals surface area (Å²) in [5, 5.41) is 13.8. The van der Waals surface area contributed by atoms with E-state index in [1.165, 1.54) is 35.2 Å².